The molecule has 21 heavy (non-hydrogen) atoms. The van der Waals surface area contributed by atoms with Crippen molar-refractivity contribution in [3.05, 3.63) is 65.5 Å². The van der Waals surface area contributed by atoms with Crippen molar-refractivity contribution in [1.82, 2.24) is 14.9 Å². The van der Waals surface area contributed by atoms with E-state index >= 15 is 0 Å². The lowest BCUT2D eigenvalue weighted by Gasteiger charge is -2.06. The van der Waals surface area contributed by atoms with Crippen LogP contribution in [-0.2, 0) is 20.0 Å². The molecule has 0 radical (unpaired) electrons. The van der Waals surface area contributed by atoms with Gasteiger partial charge in [-0.1, -0.05) is 42.0 Å². The molecule has 0 bridgehead atoms. The Labute approximate surface area is 125 Å². The van der Waals surface area contributed by atoms with Crippen molar-refractivity contribution in [1.29, 1.82) is 0 Å². The number of imidazole rings is 1. The Kier molecular flexibility index (Phi) is 4.02. The highest BCUT2D eigenvalue weighted by molar-refractivity contribution is 5.75. The van der Waals surface area contributed by atoms with E-state index in [1.807, 2.05) is 6.07 Å². The van der Waals surface area contributed by atoms with E-state index in [4.69, 9.17) is 0 Å². The fourth-order valence-electron chi connectivity index (χ4n) is 2.65. The molecule has 0 saturated carbocycles. The van der Waals surface area contributed by atoms with Gasteiger partial charge in [-0.2, -0.15) is 0 Å². The van der Waals surface area contributed by atoms with Gasteiger partial charge in [0.2, 0.25) is 0 Å². The van der Waals surface area contributed by atoms with Crippen LogP contribution in [0.1, 0.15) is 17.0 Å². The van der Waals surface area contributed by atoms with Crippen molar-refractivity contribution in [2.24, 2.45) is 7.05 Å². The summed E-state index contributed by atoms with van der Waals surface area (Å²) in [5, 5.41) is 3.49. The van der Waals surface area contributed by atoms with Gasteiger partial charge in [0.1, 0.15) is 5.82 Å². The van der Waals surface area contributed by atoms with E-state index in [9.17, 15) is 0 Å². The molecule has 1 heterocycles. The molecule has 1 N–H and O–H groups in total. The molecule has 0 saturated heterocycles. The molecule has 0 atom stereocenters. The van der Waals surface area contributed by atoms with Crippen molar-refractivity contribution in [2.45, 2.75) is 19.9 Å². The summed E-state index contributed by atoms with van der Waals surface area (Å²) in [7, 11) is 2.08. The van der Waals surface area contributed by atoms with Crippen molar-refractivity contribution in [2.75, 3.05) is 6.54 Å². The number of benzene rings is 2. The smallest absolute Gasteiger partial charge is 0.123 e. The fourth-order valence-corrected chi connectivity index (χ4v) is 2.65. The second kappa shape index (κ2) is 6.10. The first kappa shape index (κ1) is 13.8. The van der Waals surface area contributed by atoms with Gasteiger partial charge in [0.25, 0.3) is 0 Å². The van der Waals surface area contributed by atoms with E-state index in [2.05, 4.69) is 71.3 Å². The van der Waals surface area contributed by atoms with Gasteiger partial charge in [-0.05, 0) is 37.6 Å². The predicted molar refractivity (Wildman–Crippen MR) is 87.3 cm³/mol. The molecule has 0 unspecified atom stereocenters. The molecule has 3 heteroatoms. The number of fused-ring (bicyclic) bond motifs is 1. The van der Waals surface area contributed by atoms with E-state index in [0.29, 0.717) is 0 Å². The van der Waals surface area contributed by atoms with Gasteiger partial charge in [-0.25, -0.2) is 4.98 Å². The molecule has 0 aliphatic rings. The van der Waals surface area contributed by atoms with Crippen LogP contribution in [0.2, 0.25) is 0 Å². The van der Waals surface area contributed by atoms with Gasteiger partial charge in [0, 0.05) is 7.05 Å². The van der Waals surface area contributed by atoms with Crippen LogP contribution >= 0.6 is 0 Å². The topological polar surface area (TPSA) is 29.9 Å². The standard InChI is InChI=1S/C18H21N3/c1-14-6-5-7-15(12-14)10-11-19-13-18-20-16-8-3-4-9-17(16)21(18)2/h3-9,12,19H,10-11,13H2,1-2H3. The third-order valence-corrected chi connectivity index (χ3v) is 3.84. The lowest BCUT2D eigenvalue weighted by atomic mass is 10.1. The van der Waals surface area contributed by atoms with E-state index in [-0.39, 0.29) is 0 Å². The Bertz CT molecular complexity index is 743. The first-order valence-electron chi connectivity index (χ1n) is 7.40. The number of hydrogen-bond acceptors (Lipinski definition) is 2. The Morgan fingerprint density at radius 3 is 2.76 bits per heavy atom. The van der Waals surface area contributed by atoms with Gasteiger partial charge in [-0.15, -0.1) is 0 Å². The molecular weight excluding hydrogens is 258 g/mol. The largest absolute Gasteiger partial charge is 0.330 e. The predicted octanol–water partition coefficient (Wildman–Crippen LogP) is 3.21. The summed E-state index contributed by atoms with van der Waals surface area (Å²) in [6.07, 6.45) is 1.05. The molecule has 2 aromatic carbocycles. The highest BCUT2D eigenvalue weighted by Gasteiger charge is 2.05. The second-order valence-corrected chi connectivity index (χ2v) is 5.49. The number of rotatable bonds is 5. The number of aryl methyl sites for hydroxylation is 2. The minimum Gasteiger partial charge on any atom is -0.330 e. The van der Waals surface area contributed by atoms with Crippen LogP contribution in [0.3, 0.4) is 0 Å². The molecule has 3 aromatic rings. The molecule has 0 aliphatic carbocycles. The summed E-state index contributed by atoms with van der Waals surface area (Å²) in [5.41, 5.74) is 4.96. The van der Waals surface area contributed by atoms with Gasteiger partial charge < -0.3 is 9.88 Å². The summed E-state index contributed by atoms with van der Waals surface area (Å²) >= 11 is 0. The second-order valence-electron chi connectivity index (χ2n) is 5.49. The van der Waals surface area contributed by atoms with Crippen LogP contribution in [-0.4, -0.2) is 16.1 Å². The Balaban J connectivity index is 1.58. The van der Waals surface area contributed by atoms with Gasteiger partial charge in [0.05, 0.1) is 17.6 Å². The van der Waals surface area contributed by atoms with Gasteiger partial charge >= 0.3 is 0 Å². The van der Waals surface area contributed by atoms with Crippen molar-refractivity contribution in [3.8, 4) is 0 Å². The third-order valence-electron chi connectivity index (χ3n) is 3.84. The summed E-state index contributed by atoms with van der Waals surface area (Å²) < 4.78 is 2.16. The SMILES string of the molecule is Cc1cccc(CCNCc2nc3ccccc3n2C)c1. The maximum atomic E-state index is 4.67. The van der Waals surface area contributed by atoms with Crippen LogP contribution in [0, 0.1) is 6.92 Å². The average molecular weight is 279 g/mol. The van der Waals surface area contributed by atoms with Gasteiger partial charge in [-0.3, -0.25) is 0 Å². The van der Waals surface area contributed by atoms with Crippen molar-refractivity contribution >= 4 is 11.0 Å². The molecule has 3 rings (SSSR count). The number of aromatic nitrogens is 2. The monoisotopic (exact) mass is 279 g/mol. The van der Waals surface area contributed by atoms with Crippen LogP contribution in [0.25, 0.3) is 11.0 Å². The Hall–Kier alpha value is -2.13. The lowest BCUT2D eigenvalue weighted by molar-refractivity contribution is 0.642. The molecule has 0 aliphatic heterocycles. The Morgan fingerprint density at radius 1 is 1.10 bits per heavy atom. The van der Waals surface area contributed by atoms with E-state index in [0.717, 1.165) is 30.9 Å². The van der Waals surface area contributed by atoms with Gasteiger partial charge in [0.15, 0.2) is 0 Å². The van der Waals surface area contributed by atoms with Crippen molar-refractivity contribution < 1.29 is 0 Å². The lowest BCUT2D eigenvalue weighted by Crippen LogP contribution is -2.19. The summed E-state index contributed by atoms with van der Waals surface area (Å²) in [6, 6.07) is 16.9. The van der Waals surface area contributed by atoms with E-state index in [1.54, 1.807) is 0 Å². The highest BCUT2D eigenvalue weighted by Crippen LogP contribution is 2.13. The zero-order valence-corrected chi connectivity index (χ0v) is 12.6. The molecule has 0 amide bonds. The molecule has 0 fully saturated rings. The first-order chi connectivity index (χ1) is 10.2. The number of nitrogens with one attached hydrogen (secondary N) is 1. The fraction of sp³-hybridized carbons (Fsp3) is 0.278. The molecular formula is C18H21N3. The normalized spacial score (nSPS) is 11.1. The van der Waals surface area contributed by atoms with Crippen LogP contribution in [0.4, 0.5) is 0 Å². The Morgan fingerprint density at radius 2 is 1.95 bits per heavy atom. The molecule has 0 spiro atoms. The minimum absolute atomic E-state index is 0.803. The zero-order chi connectivity index (χ0) is 14.7. The average Bonchev–Trinajstić information content (AvgIpc) is 2.81. The minimum atomic E-state index is 0.803. The van der Waals surface area contributed by atoms with Crippen LogP contribution in [0.5, 0.6) is 0 Å². The number of hydrogen-bond donors (Lipinski definition) is 1. The zero-order valence-electron chi connectivity index (χ0n) is 12.6. The summed E-state index contributed by atoms with van der Waals surface area (Å²) in [4.78, 5) is 4.67. The third kappa shape index (κ3) is 3.14. The summed E-state index contributed by atoms with van der Waals surface area (Å²) in [6.45, 7) is 3.90. The first-order valence-corrected chi connectivity index (χ1v) is 7.40. The quantitative estimate of drug-likeness (QED) is 0.727. The van der Waals surface area contributed by atoms with Crippen LogP contribution < -0.4 is 5.32 Å². The molecule has 1 aromatic heterocycles. The number of nitrogens with zero attached hydrogens (tertiary/aromatic N) is 2. The van der Waals surface area contributed by atoms with Crippen molar-refractivity contribution in [3.63, 3.8) is 0 Å². The maximum absolute atomic E-state index is 4.67. The van der Waals surface area contributed by atoms with E-state index < -0.39 is 0 Å². The van der Waals surface area contributed by atoms with E-state index in [1.165, 1.54) is 16.6 Å². The summed E-state index contributed by atoms with van der Waals surface area (Å²) in [5.74, 6) is 1.08. The molecule has 3 nitrogen and oxygen atoms in total. The molecule has 108 valence electrons. The maximum Gasteiger partial charge on any atom is 0.123 e. The van der Waals surface area contributed by atoms with Crippen LogP contribution in [0.15, 0.2) is 48.5 Å². The highest BCUT2D eigenvalue weighted by atomic mass is 15.1. The number of para-hydroxylation sites is 2.